The van der Waals surface area contributed by atoms with Gasteiger partial charge in [0.15, 0.2) is 11.6 Å². The van der Waals surface area contributed by atoms with Crippen LogP contribution < -0.4 is 4.74 Å². The summed E-state index contributed by atoms with van der Waals surface area (Å²) in [5.74, 6) is -0.857. The lowest BCUT2D eigenvalue weighted by atomic mass is 10.3. The van der Waals surface area contributed by atoms with E-state index in [-0.39, 0.29) is 10.8 Å². The zero-order chi connectivity index (χ0) is 13.0. The third kappa shape index (κ3) is 3.51. The van der Waals surface area contributed by atoms with Gasteiger partial charge in [0, 0.05) is 18.0 Å². The topological polar surface area (TPSA) is 29.5 Å². The Balaban J connectivity index is 2.88. The van der Waals surface area contributed by atoms with Crippen molar-refractivity contribution in [3.8, 4) is 5.75 Å². The van der Waals surface area contributed by atoms with Gasteiger partial charge in [-0.25, -0.2) is 9.18 Å². The molecule has 0 saturated heterocycles. The molecule has 0 aliphatic carbocycles. The molecule has 6 heteroatoms. The van der Waals surface area contributed by atoms with E-state index in [0.717, 1.165) is 6.07 Å². The fourth-order valence-corrected chi connectivity index (χ4v) is 1.57. The van der Waals surface area contributed by atoms with Crippen molar-refractivity contribution in [3.63, 3.8) is 0 Å². The van der Waals surface area contributed by atoms with E-state index >= 15 is 0 Å². The van der Waals surface area contributed by atoms with Crippen LogP contribution in [0.5, 0.6) is 5.75 Å². The normalized spacial score (nSPS) is 10.2. The van der Waals surface area contributed by atoms with E-state index in [1.165, 1.54) is 11.0 Å². The average Bonchev–Trinajstić information content (AvgIpc) is 2.27. The van der Waals surface area contributed by atoms with Gasteiger partial charge in [-0.2, -0.15) is 0 Å². The smallest absolute Gasteiger partial charge is 0.407 e. The highest BCUT2D eigenvalue weighted by atomic mass is 35.5. The predicted molar refractivity (Wildman–Crippen MR) is 67.6 cm³/mol. The van der Waals surface area contributed by atoms with Gasteiger partial charge >= 0.3 is 6.09 Å². The van der Waals surface area contributed by atoms with Gasteiger partial charge < -0.3 is 9.64 Å². The number of rotatable bonds is 3. The lowest BCUT2D eigenvalue weighted by Crippen LogP contribution is -2.33. The number of ether oxygens (including phenoxy) is 1. The number of thiol groups is 1. The molecule has 3 nitrogen and oxygen atoms in total. The minimum Gasteiger partial charge on any atom is -0.407 e. The van der Waals surface area contributed by atoms with Crippen molar-refractivity contribution in [2.45, 2.75) is 18.7 Å². The van der Waals surface area contributed by atoms with Crippen LogP contribution in [-0.4, -0.2) is 24.1 Å². The third-order valence-electron chi connectivity index (χ3n) is 2.22. The van der Waals surface area contributed by atoms with Crippen LogP contribution in [0.1, 0.15) is 13.8 Å². The molecule has 17 heavy (non-hydrogen) atoms. The quantitative estimate of drug-likeness (QED) is 0.856. The van der Waals surface area contributed by atoms with E-state index < -0.39 is 11.9 Å². The highest BCUT2D eigenvalue weighted by molar-refractivity contribution is 7.80. The first-order valence-corrected chi connectivity index (χ1v) is 5.96. The number of benzene rings is 1. The Labute approximate surface area is 110 Å². The molecule has 0 N–H and O–H groups in total. The van der Waals surface area contributed by atoms with Gasteiger partial charge in [0.05, 0.1) is 5.02 Å². The van der Waals surface area contributed by atoms with E-state index in [1.807, 2.05) is 13.8 Å². The van der Waals surface area contributed by atoms with E-state index in [0.29, 0.717) is 18.0 Å². The Hall–Kier alpha value is -0.940. The first-order valence-electron chi connectivity index (χ1n) is 5.14. The van der Waals surface area contributed by atoms with Crippen LogP contribution in [0.2, 0.25) is 5.02 Å². The molecule has 1 amide bonds. The van der Waals surface area contributed by atoms with Crippen molar-refractivity contribution in [2.75, 3.05) is 13.1 Å². The van der Waals surface area contributed by atoms with Crippen molar-refractivity contribution < 1.29 is 13.9 Å². The summed E-state index contributed by atoms with van der Waals surface area (Å²) in [4.78, 5) is 13.4. The molecular formula is C11H13ClFNO2S. The number of carbonyl (C=O) groups excluding carboxylic acids is 1. The SMILES string of the molecule is CCN(CC)C(=O)Oc1cc(S)c(Cl)cc1F. The molecule has 1 aromatic carbocycles. The molecule has 0 heterocycles. The zero-order valence-corrected chi connectivity index (χ0v) is 11.2. The van der Waals surface area contributed by atoms with Crippen molar-refractivity contribution in [2.24, 2.45) is 0 Å². The Bertz CT molecular complexity index is 424. The molecule has 0 spiro atoms. The molecular weight excluding hydrogens is 265 g/mol. The van der Waals surface area contributed by atoms with Crippen LogP contribution >= 0.6 is 24.2 Å². The van der Waals surface area contributed by atoms with Gasteiger partial charge in [0.2, 0.25) is 0 Å². The van der Waals surface area contributed by atoms with Crippen molar-refractivity contribution >= 4 is 30.3 Å². The zero-order valence-electron chi connectivity index (χ0n) is 9.54. The maximum absolute atomic E-state index is 13.4. The Morgan fingerprint density at radius 2 is 2.06 bits per heavy atom. The van der Waals surface area contributed by atoms with E-state index in [4.69, 9.17) is 16.3 Å². The average molecular weight is 278 g/mol. The Kier molecular flexibility index (Phi) is 5.08. The van der Waals surface area contributed by atoms with Crippen molar-refractivity contribution in [3.05, 3.63) is 23.0 Å². The molecule has 1 aromatic rings. The minimum absolute atomic E-state index is 0.170. The summed E-state index contributed by atoms with van der Waals surface area (Å²) in [6.45, 7) is 4.62. The molecule has 0 aromatic heterocycles. The van der Waals surface area contributed by atoms with Gasteiger partial charge in [0.1, 0.15) is 0 Å². The van der Waals surface area contributed by atoms with E-state index in [9.17, 15) is 9.18 Å². The maximum Gasteiger partial charge on any atom is 0.415 e. The summed E-state index contributed by atoms with van der Waals surface area (Å²) in [7, 11) is 0. The van der Waals surface area contributed by atoms with Gasteiger partial charge in [-0.05, 0) is 26.0 Å². The highest BCUT2D eigenvalue weighted by Crippen LogP contribution is 2.28. The summed E-state index contributed by atoms with van der Waals surface area (Å²) in [5, 5.41) is 0.175. The highest BCUT2D eigenvalue weighted by Gasteiger charge is 2.15. The summed E-state index contributed by atoms with van der Waals surface area (Å²) in [5.41, 5.74) is 0. The molecule has 0 unspecified atom stereocenters. The van der Waals surface area contributed by atoms with Gasteiger partial charge in [0.25, 0.3) is 0 Å². The largest absolute Gasteiger partial charge is 0.415 e. The molecule has 0 aliphatic rings. The van der Waals surface area contributed by atoms with Gasteiger partial charge in [-0.3, -0.25) is 0 Å². The fourth-order valence-electron chi connectivity index (χ4n) is 1.24. The van der Waals surface area contributed by atoms with Crippen molar-refractivity contribution in [1.29, 1.82) is 0 Å². The first kappa shape index (κ1) is 14.1. The van der Waals surface area contributed by atoms with E-state index in [1.54, 1.807) is 0 Å². The van der Waals surface area contributed by atoms with Crippen LogP contribution in [0.25, 0.3) is 0 Å². The second kappa shape index (κ2) is 6.12. The minimum atomic E-state index is -0.687. The summed E-state index contributed by atoms with van der Waals surface area (Å²) in [6.07, 6.45) is -0.594. The number of nitrogens with zero attached hydrogens (tertiary/aromatic N) is 1. The van der Waals surface area contributed by atoms with Gasteiger partial charge in [-0.15, -0.1) is 12.6 Å². The van der Waals surface area contributed by atoms with Crippen LogP contribution in [0.3, 0.4) is 0 Å². The molecule has 0 saturated carbocycles. The molecule has 94 valence electrons. The van der Waals surface area contributed by atoms with Crippen LogP contribution in [0.4, 0.5) is 9.18 Å². The maximum atomic E-state index is 13.4. The van der Waals surface area contributed by atoms with Crippen LogP contribution in [0.15, 0.2) is 17.0 Å². The fraction of sp³-hybridized carbons (Fsp3) is 0.364. The van der Waals surface area contributed by atoms with Gasteiger partial charge in [-0.1, -0.05) is 11.6 Å². The second-order valence-electron chi connectivity index (χ2n) is 3.27. The molecule has 1 rings (SSSR count). The number of amides is 1. The molecule has 0 bridgehead atoms. The number of halogens is 2. The van der Waals surface area contributed by atoms with Crippen molar-refractivity contribution in [1.82, 2.24) is 4.90 Å². The molecule has 0 fully saturated rings. The monoisotopic (exact) mass is 277 g/mol. The van der Waals surface area contributed by atoms with E-state index in [2.05, 4.69) is 12.6 Å². The summed E-state index contributed by atoms with van der Waals surface area (Å²) >= 11 is 9.70. The third-order valence-corrected chi connectivity index (χ3v) is 3.03. The Morgan fingerprint density at radius 1 is 1.47 bits per heavy atom. The standard InChI is InChI=1S/C11H13ClFNO2S/c1-3-14(4-2)11(15)16-9-6-10(17)7(12)5-8(9)13/h5-6,17H,3-4H2,1-2H3. The van der Waals surface area contributed by atoms with Crippen LogP contribution in [0, 0.1) is 5.82 Å². The summed E-state index contributed by atoms with van der Waals surface area (Å²) < 4.78 is 18.4. The van der Waals surface area contributed by atoms with Crippen LogP contribution in [-0.2, 0) is 0 Å². The second-order valence-corrected chi connectivity index (χ2v) is 4.16. The lowest BCUT2D eigenvalue weighted by molar-refractivity contribution is 0.155. The number of carbonyl (C=O) groups is 1. The molecule has 0 aliphatic heterocycles. The number of hydrogen-bond donors (Lipinski definition) is 1. The Morgan fingerprint density at radius 3 is 2.59 bits per heavy atom. The predicted octanol–water partition coefficient (Wildman–Crippen LogP) is 3.61. The summed E-state index contributed by atoms with van der Waals surface area (Å²) in [6, 6.07) is 2.34. The first-order chi connectivity index (χ1) is 7.99. The molecule has 0 atom stereocenters. The number of hydrogen-bond acceptors (Lipinski definition) is 3. The lowest BCUT2D eigenvalue weighted by Gasteiger charge is -2.18. The molecule has 0 radical (unpaired) electrons.